The van der Waals surface area contributed by atoms with Crippen LogP contribution in [0.25, 0.3) is 0 Å². The third-order valence-corrected chi connectivity index (χ3v) is 2.92. The number of carboxylic acid groups (broad SMARTS) is 1. The van der Waals surface area contributed by atoms with Crippen molar-refractivity contribution in [2.75, 3.05) is 20.3 Å². The van der Waals surface area contributed by atoms with Gasteiger partial charge in [0.1, 0.15) is 5.54 Å². The number of hydrogen-bond acceptors (Lipinski definition) is 4. The van der Waals surface area contributed by atoms with E-state index in [-0.39, 0.29) is 12.2 Å². The molecule has 94 valence electrons. The lowest BCUT2D eigenvalue weighted by molar-refractivity contribution is -0.156. The third-order valence-electron chi connectivity index (χ3n) is 2.92. The molecule has 1 fully saturated rings. The van der Waals surface area contributed by atoms with Crippen molar-refractivity contribution < 1.29 is 19.4 Å². The number of aliphatic carboxylic acids is 1. The van der Waals surface area contributed by atoms with Crippen LogP contribution in [0.3, 0.4) is 0 Å². The van der Waals surface area contributed by atoms with E-state index >= 15 is 0 Å². The van der Waals surface area contributed by atoms with Crippen molar-refractivity contribution in [2.24, 2.45) is 0 Å². The van der Waals surface area contributed by atoms with Crippen LogP contribution in [0.1, 0.15) is 26.7 Å². The number of carbonyl (C=O) groups is 1. The molecular weight excluding hydrogens is 210 g/mol. The van der Waals surface area contributed by atoms with Crippen LogP contribution in [0.5, 0.6) is 0 Å². The Balaban J connectivity index is 2.67. The molecule has 2 unspecified atom stereocenters. The predicted molar refractivity (Wildman–Crippen MR) is 59.5 cm³/mol. The van der Waals surface area contributed by atoms with Crippen molar-refractivity contribution in [1.82, 2.24) is 5.32 Å². The van der Waals surface area contributed by atoms with E-state index in [1.807, 2.05) is 13.8 Å². The van der Waals surface area contributed by atoms with Crippen LogP contribution < -0.4 is 5.32 Å². The van der Waals surface area contributed by atoms with Crippen molar-refractivity contribution in [3.63, 3.8) is 0 Å². The summed E-state index contributed by atoms with van der Waals surface area (Å²) in [4.78, 5) is 11.4. The van der Waals surface area contributed by atoms with Crippen molar-refractivity contribution in [3.05, 3.63) is 0 Å². The van der Waals surface area contributed by atoms with Gasteiger partial charge in [0.05, 0.1) is 18.8 Å². The molecule has 1 aliphatic rings. The Bertz CT molecular complexity index is 234. The minimum Gasteiger partial charge on any atom is -0.480 e. The molecule has 0 spiro atoms. The summed E-state index contributed by atoms with van der Waals surface area (Å²) in [6.45, 7) is 4.87. The fraction of sp³-hybridized carbons (Fsp3) is 0.909. The van der Waals surface area contributed by atoms with Gasteiger partial charge < -0.3 is 14.6 Å². The first-order chi connectivity index (χ1) is 7.50. The summed E-state index contributed by atoms with van der Waals surface area (Å²) >= 11 is 0. The summed E-state index contributed by atoms with van der Waals surface area (Å²) < 4.78 is 10.5. The van der Waals surface area contributed by atoms with Gasteiger partial charge in [-0.3, -0.25) is 10.1 Å². The number of hydrogen-bond donors (Lipinski definition) is 2. The summed E-state index contributed by atoms with van der Waals surface area (Å²) in [5, 5.41) is 12.5. The fourth-order valence-corrected chi connectivity index (χ4v) is 2.34. The van der Waals surface area contributed by atoms with Gasteiger partial charge in [-0.05, 0) is 13.8 Å². The minimum absolute atomic E-state index is 0.0325. The summed E-state index contributed by atoms with van der Waals surface area (Å²) in [6, 6.07) is 0. The monoisotopic (exact) mass is 231 g/mol. The second-order valence-corrected chi connectivity index (χ2v) is 4.47. The topological polar surface area (TPSA) is 67.8 Å². The molecule has 0 radical (unpaired) electrons. The smallest absolute Gasteiger partial charge is 0.324 e. The molecule has 16 heavy (non-hydrogen) atoms. The first kappa shape index (κ1) is 13.4. The second-order valence-electron chi connectivity index (χ2n) is 4.47. The molecule has 2 N–H and O–H groups in total. The Morgan fingerprint density at radius 2 is 2.06 bits per heavy atom. The van der Waals surface area contributed by atoms with E-state index in [2.05, 4.69) is 5.32 Å². The molecule has 0 amide bonds. The van der Waals surface area contributed by atoms with Crippen LogP contribution in [0.15, 0.2) is 0 Å². The van der Waals surface area contributed by atoms with Gasteiger partial charge in [-0.2, -0.15) is 0 Å². The van der Waals surface area contributed by atoms with Crippen molar-refractivity contribution in [2.45, 2.75) is 44.4 Å². The SMILES string of the molecule is COCCNC1(C(=O)O)CC(C)OC(C)C1. The van der Waals surface area contributed by atoms with E-state index < -0.39 is 11.5 Å². The van der Waals surface area contributed by atoms with Gasteiger partial charge in [-0.1, -0.05) is 0 Å². The van der Waals surface area contributed by atoms with Crippen LogP contribution in [0, 0.1) is 0 Å². The Morgan fingerprint density at radius 1 is 1.50 bits per heavy atom. The van der Waals surface area contributed by atoms with Crippen LogP contribution in [-0.4, -0.2) is 49.1 Å². The Morgan fingerprint density at radius 3 is 2.50 bits per heavy atom. The van der Waals surface area contributed by atoms with E-state index in [1.165, 1.54) is 0 Å². The molecule has 2 atom stereocenters. The van der Waals surface area contributed by atoms with E-state index in [0.717, 1.165) is 0 Å². The lowest BCUT2D eigenvalue weighted by Crippen LogP contribution is -2.59. The van der Waals surface area contributed by atoms with Gasteiger partial charge in [0.2, 0.25) is 0 Å². The quantitative estimate of drug-likeness (QED) is 0.679. The maximum atomic E-state index is 11.4. The normalized spacial score (nSPS) is 34.9. The molecule has 0 aliphatic carbocycles. The van der Waals surface area contributed by atoms with E-state index in [1.54, 1.807) is 7.11 Å². The highest BCUT2D eigenvalue weighted by atomic mass is 16.5. The number of nitrogens with one attached hydrogen (secondary N) is 1. The van der Waals surface area contributed by atoms with Gasteiger partial charge in [0.15, 0.2) is 0 Å². The summed E-state index contributed by atoms with van der Waals surface area (Å²) in [5.74, 6) is -0.800. The molecule has 1 rings (SSSR count). The second kappa shape index (κ2) is 5.61. The van der Waals surface area contributed by atoms with Gasteiger partial charge in [0, 0.05) is 26.5 Å². The lowest BCUT2D eigenvalue weighted by atomic mass is 9.84. The molecule has 5 nitrogen and oxygen atoms in total. The standard InChI is InChI=1S/C11H21NO4/c1-8-6-11(10(13)14,7-9(2)16-8)12-4-5-15-3/h8-9,12H,4-7H2,1-3H3,(H,13,14). The zero-order valence-electron chi connectivity index (χ0n) is 10.2. The zero-order valence-corrected chi connectivity index (χ0v) is 10.2. The number of rotatable bonds is 5. The van der Waals surface area contributed by atoms with Crippen LogP contribution >= 0.6 is 0 Å². The van der Waals surface area contributed by atoms with Crippen LogP contribution in [0.4, 0.5) is 0 Å². The van der Waals surface area contributed by atoms with E-state index in [0.29, 0.717) is 26.0 Å². The molecule has 0 aromatic carbocycles. The Kier molecular flexibility index (Phi) is 4.70. The fourth-order valence-electron chi connectivity index (χ4n) is 2.34. The molecule has 0 bridgehead atoms. The molecule has 0 saturated carbocycles. The first-order valence-electron chi connectivity index (χ1n) is 5.63. The van der Waals surface area contributed by atoms with Crippen LogP contribution in [-0.2, 0) is 14.3 Å². The molecule has 1 aliphatic heterocycles. The molecule has 5 heteroatoms. The summed E-state index contributed by atoms with van der Waals surface area (Å²) in [6.07, 6.45) is 0.928. The van der Waals surface area contributed by atoms with E-state index in [9.17, 15) is 9.90 Å². The average molecular weight is 231 g/mol. The number of carboxylic acids is 1. The highest BCUT2D eigenvalue weighted by molar-refractivity contribution is 5.79. The highest BCUT2D eigenvalue weighted by Crippen LogP contribution is 2.29. The minimum atomic E-state index is -0.865. The third kappa shape index (κ3) is 3.17. The Hall–Kier alpha value is -0.650. The highest BCUT2D eigenvalue weighted by Gasteiger charge is 2.44. The van der Waals surface area contributed by atoms with Crippen molar-refractivity contribution >= 4 is 5.97 Å². The van der Waals surface area contributed by atoms with Gasteiger partial charge >= 0.3 is 5.97 Å². The summed E-state index contributed by atoms with van der Waals surface area (Å²) in [7, 11) is 1.60. The molecular formula is C11H21NO4. The van der Waals surface area contributed by atoms with Gasteiger partial charge in [-0.25, -0.2) is 0 Å². The molecule has 0 aromatic rings. The average Bonchev–Trinajstić information content (AvgIpc) is 2.16. The maximum absolute atomic E-state index is 11.4. The van der Waals surface area contributed by atoms with E-state index in [4.69, 9.17) is 9.47 Å². The van der Waals surface area contributed by atoms with Crippen LogP contribution in [0.2, 0.25) is 0 Å². The molecule has 1 heterocycles. The lowest BCUT2D eigenvalue weighted by Gasteiger charge is -2.40. The van der Waals surface area contributed by atoms with Crippen molar-refractivity contribution in [1.29, 1.82) is 0 Å². The maximum Gasteiger partial charge on any atom is 0.324 e. The molecule has 0 aromatic heterocycles. The van der Waals surface area contributed by atoms with Gasteiger partial charge in [0.25, 0.3) is 0 Å². The number of ether oxygens (including phenoxy) is 2. The largest absolute Gasteiger partial charge is 0.480 e. The van der Waals surface area contributed by atoms with Gasteiger partial charge in [-0.15, -0.1) is 0 Å². The number of methoxy groups -OCH3 is 1. The first-order valence-corrected chi connectivity index (χ1v) is 5.63. The molecule has 1 saturated heterocycles. The summed E-state index contributed by atoms with van der Waals surface area (Å²) in [5.41, 5.74) is -0.865. The van der Waals surface area contributed by atoms with Crippen molar-refractivity contribution in [3.8, 4) is 0 Å². The zero-order chi connectivity index (χ0) is 12.2. The Labute approximate surface area is 96.1 Å². The predicted octanol–water partition coefficient (Wildman–Crippen LogP) is 0.633.